The summed E-state index contributed by atoms with van der Waals surface area (Å²) in [6.07, 6.45) is 0.455. The van der Waals surface area contributed by atoms with E-state index in [4.69, 9.17) is 11.1 Å². The average molecular weight is 194 g/mol. The number of hydrogen-bond acceptors (Lipinski definition) is 3. The van der Waals surface area contributed by atoms with Crippen molar-refractivity contribution in [3.63, 3.8) is 0 Å². The molecule has 1 atom stereocenters. The molecule has 7 heteroatoms. The van der Waals surface area contributed by atoms with Crippen molar-refractivity contribution in [3.05, 3.63) is 0 Å². The van der Waals surface area contributed by atoms with Crippen molar-refractivity contribution in [1.29, 1.82) is 5.41 Å². The average Bonchev–Trinajstić information content (AvgIpc) is 2.00. The van der Waals surface area contributed by atoms with Crippen molar-refractivity contribution in [2.45, 2.75) is 19.4 Å². The fourth-order valence-corrected chi connectivity index (χ4v) is 1.40. The molecule has 72 valence electrons. The van der Waals surface area contributed by atoms with Crippen LogP contribution in [0.1, 0.15) is 13.3 Å². The maximum Gasteiger partial charge on any atom is 0.277 e. The van der Waals surface area contributed by atoms with Gasteiger partial charge in [-0.3, -0.25) is 5.41 Å². The van der Waals surface area contributed by atoms with E-state index in [2.05, 4.69) is 9.44 Å². The Morgan fingerprint density at radius 3 is 2.42 bits per heavy atom. The molecule has 0 saturated heterocycles. The molecule has 0 fully saturated rings. The summed E-state index contributed by atoms with van der Waals surface area (Å²) >= 11 is 0. The molecule has 0 saturated carbocycles. The van der Waals surface area contributed by atoms with E-state index in [1.54, 1.807) is 6.92 Å². The Hall–Kier alpha value is -0.660. The quantitative estimate of drug-likeness (QED) is 0.324. The van der Waals surface area contributed by atoms with Gasteiger partial charge in [0, 0.05) is 7.05 Å². The zero-order chi connectivity index (χ0) is 9.78. The van der Waals surface area contributed by atoms with Gasteiger partial charge in [-0.15, -0.1) is 0 Å². The standard InChI is InChI=1S/C5H14N4O2S/c1-3-4(5(6)7)9-12(10,11)8-2/h4,8-9H,3H2,1-2H3,(H3,6,7). The molecule has 0 heterocycles. The molecule has 0 aromatic rings. The number of amidine groups is 1. The topological polar surface area (TPSA) is 108 Å². The normalized spacial score (nSPS) is 14.2. The van der Waals surface area contributed by atoms with Crippen LogP contribution in [0.15, 0.2) is 0 Å². The summed E-state index contributed by atoms with van der Waals surface area (Å²) in [5.41, 5.74) is 5.14. The van der Waals surface area contributed by atoms with Crippen molar-refractivity contribution in [1.82, 2.24) is 9.44 Å². The lowest BCUT2D eigenvalue weighted by atomic mass is 10.2. The summed E-state index contributed by atoms with van der Waals surface area (Å²) in [5, 5.41) is 7.03. The van der Waals surface area contributed by atoms with E-state index in [-0.39, 0.29) is 5.84 Å². The van der Waals surface area contributed by atoms with Gasteiger partial charge in [0.05, 0.1) is 6.04 Å². The summed E-state index contributed by atoms with van der Waals surface area (Å²) in [5.74, 6) is -0.184. The first-order chi connectivity index (χ1) is 5.43. The van der Waals surface area contributed by atoms with Crippen LogP contribution in [0.5, 0.6) is 0 Å². The first kappa shape index (κ1) is 11.3. The summed E-state index contributed by atoms with van der Waals surface area (Å²) < 4.78 is 26.1. The fraction of sp³-hybridized carbons (Fsp3) is 0.800. The first-order valence-corrected chi connectivity index (χ1v) is 4.96. The first-order valence-electron chi connectivity index (χ1n) is 3.47. The van der Waals surface area contributed by atoms with Crippen LogP contribution in [0.2, 0.25) is 0 Å². The summed E-state index contributed by atoms with van der Waals surface area (Å²) in [7, 11) is -2.21. The van der Waals surface area contributed by atoms with E-state index < -0.39 is 16.3 Å². The molecule has 0 aliphatic heterocycles. The molecule has 5 N–H and O–H groups in total. The maximum absolute atomic E-state index is 10.9. The van der Waals surface area contributed by atoms with Gasteiger partial charge in [0.1, 0.15) is 5.84 Å². The molecule has 1 unspecified atom stereocenters. The molecule has 0 aliphatic carbocycles. The van der Waals surface area contributed by atoms with Gasteiger partial charge in [0.25, 0.3) is 10.2 Å². The third-order valence-electron chi connectivity index (χ3n) is 1.35. The van der Waals surface area contributed by atoms with E-state index in [0.29, 0.717) is 6.42 Å². The Bertz CT molecular complexity index is 248. The summed E-state index contributed by atoms with van der Waals surface area (Å²) in [4.78, 5) is 0. The molecule has 0 aromatic heterocycles. The number of hydrogen-bond donors (Lipinski definition) is 4. The lowest BCUT2D eigenvalue weighted by Gasteiger charge is -2.14. The predicted molar refractivity (Wildman–Crippen MR) is 47.1 cm³/mol. The predicted octanol–water partition coefficient (Wildman–Crippen LogP) is -1.25. The number of nitrogens with one attached hydrogen (secondary N) is 3. The second-order valence-electron chi connectivity index (χ2n) is 2.24. The van der Waals surface area contributed by atoms with E-state index >= 15 is 0 Å². The highest BCUT2D eigenvalue weighted by Gasteiger charge is 2.16. The minimum Gasteiger partial charge on any atom is -0.386 e. The van der Waals surface area contributed by atoms with Crippen molar-refractivity contribution in [2.24, 2.45) is 5.73 Å². The van der Waals surface area contributed by atoms with Crippen LogP contribution in [0.4, 0.5) is 0 Å². The van der Waals surface area contributed by atoms with E-state index in [1.807, 2.05) is 0 Å². The van der Waals surface area contributed by atoms with E-state index in [9.17, 15) is 8.42 Å². The highest BCUT2D eigenvalue weighted by atomic mass is 32.2. The molecule has 0 radical (unpaired) electrons. The van der Waals surface area contributed by atoms with E-state index in [1.165, 1.54) is 7.05 Å². The lowest BCUT2D eigenvalue weighted by Crippen LogP contribution is -2.47. The Balaban J connectivity index is 4.32. The zero-order valence-electron chi connectivity index (χ0n) is 7.09. The maximum atomic E-state index is 10.9. The third kappa shape index (κ3) is 3.65. The molecule has 0 spiro atoms. The molecule has 0 rings (SSSR count). The van der Waals surface area contributed by atoms with Crippen molar-refractivity contribution in [2.75, 3.05) is 7.05 Å². The Labute approximate surface area is 72.2 Å². The second-order valence-corrected chi connectivity index (χ2v) is 3.89. The smallest absolute Gasteiger partial charge is 0.277 e. The Morgan fingerprint density at radius 2 is 2.17 bits per heavy atom. The Morgan fingerprint density at radius 1 is 1.67 bits per heavy atom. The molecule has 0 amide bonds. The van der Waals surface area contributed by atoms with Gasteiger partial charge >= 0.3 is 0 Å². The van der Waals surface area contributed by atoms with Gasteiger partial charge in [-0.25, -0.2) is 4.72 Å². The second kappa shape index (κ2) is 4.39. The van der Waals surface area contributed by atoms with Crippen LogP contribution in [0.25, 0.3) is 0 Å². The Kier molecular flexibility index (Phi) is 4.15. The lowest BCUT2D eigenvalue weighted by molar-refractivity contribution is 0.563. The zero-order valence-corrected chi connectivity index (χ0v) is 7.90. The van der Waals surface area contributed by atoms with Crippen LogP contribution in [-0.2, 0) is 10.2 Å². The van der Waals surface area contributed by atoms with Gasteiger partial charge in [0.15, 0.2) is 0 Å². The third-order valence-corrected chi connectivity index (χ3v) is 2.48. The van der Waals surface area contributed by atoms with Gasteiger partial charge in [0.2, 0.25) is 0 Å². The summed E-state index contributed by atoms with van der Waals surface area (Å²) in [6, 6.07) is -0.623. The van der Waals surface area contributed by atoms with Gasteiger partial charge in [-0.1, -0.05) is 6.92 Å². The van der Waals surface area contributed by atoms with Crippen molar-refractivity contribution >= 4 is 16.0 Å². The molecule has 6 nitrogen and oxygen atoms in total. The number of rotatable bonds is 5. The molecular weight excluding hydrogens is 180 g/mol. The molecule has 0 bridgehead atoms. The van der Waals surface area contributed by atoms with Gasteiger partial charge in [-0.05, 0) is 6.42 Å². The largest absolute Gasteiger partial charge is 0.386 e. The van der Waals surface area contributed by atoms with Crippen LogP contribution in [-0.4, -0.2) is 27.3 Å². The fourth-order valence-electron chi connectivity index (χ4n) is 0.613. The molecule has 0 aliphatic rings. The van der Waals surface area contributed by atoms with Crippen LogP contribution in [0, 0.1) is 5.41 Å². The van der Waals surface area contributed by atoms with E-state index in [0.717, 1.165) is 0 Å². The van der Waals surface area contributed by atoms with Crippen LogP contribution >= 0.6 is 0 Å². The van der Waals surface area contributed by atoms with Gasteiger partial charge in [-0.2, -0.15) is 13.1 Å². The molecule has 0 aromatic carbocycles. The van der Waals surface area contributed by atoms with Crippen LogP contribution in [0.3, 0.4) is 0 Å². The number of nitrogens with two attached hydrogens (primary N) is 1. The highest BCUT2D eigenvalue weighted by molar-refractivity contribution is 7.87. The minimum absolute atomic E-state index is 0.184. The minimum atomic E-state index is -3.50. The molecular formula is C5H14N4O2S. The van der Waals surface area contributed by atoms with Crippen molar-refractivity contribution in [3.8, 4) is 0 Å². The monoisotopic (exact) mass is 194 g/mol. The summed E-state index contributed by atoms with van der Waals surface area (Å²) in [6.45, 7) is 1.74. The molecule has 12 heavy (non-hydrogen) atoms. The highest BCUT2D eigenvalue weighted by Crippen LogP contribution is 1.91. The van der Waals surface area contributed by atoms with Crippen LogP contribution < -0.4 is 15.2 Å². The van der Waals surface area contributed by atoms with Gasteiger partial charge < -0.3 is 5.73 Å². The van der Waals surface area contributed by atoms with Crippen molar-refractivity contribution < 1.29 is 8.42 Å². The SMILES string of the molecule is CCC(NS(=O)(=O)NC)C(=N)N.